The standard InChI is InChI=1S/C15H15NO4S2/c1-21(17,18)16-10-9-12-11-14(7-8-15(12)16)22(19,20)13-5-3-2-4-6-13/h2-8,11H,9-10H2,1H3. The Morgan fingerprint density at radius 2 is 1.59 bits per heavy atom. The SMILES string of the molecule is CS(=O)(=O)N1CCc2cc(S(=O)(=O)c3ccccc3)ccc21. The zero-order valence-corrected chi connectivity index (χ0v) is 13.6. The van der Waals surface area contributed by atoms with E-state index >= 15 is 0 Å². The van der Waals surface area contributed by atoms with Gasteiger partial charge in [0.2, 0.25) is 19.9 Å². The van der Waals surface area contributed by atoms with Crippen LogP contribution in [0.15, 0.2) is 58.3 Å². The molecule has 3 rings (SSSR count). The third-order valence-electron chi connectivity index (χ3n) is 3.67. The van der Waals surface area contributed by atoms with E-state index in [9.17, 15) is 16.8 Å². The Morgan fingerprint density at radius 3 is 2.23 bits per heavy atom. The summed E-state index contributed by atoms with van der Waals surface area (Å²) in [6.07, 6.45) is 1.66. The highest BCUT2D eigenvalue weighted by atomic mass is 32.2. The molecule has 0 radical (unpaired) electrons. The lowest BCUT2D eigenvalue weighted by Gasteiger charge is -2.16. The fraction of sp³-hybridized carbons (Fsp3) is 0.200. The normalized spacial score (nSPS) is 14.9. The molecule has 7 heteroatoms. The highest BCUT2D eigenvalue weighted by Crippen LogP contribution is 2.33. The number of nitrogens with zero attached hydrogens (tertiary/aromatic N) is 1. The Kier molecular flexibility index (Phi) is 3.49. The molecular weight excluding hydrogens is 322 g/mol. The number of benzene rings is 2. The first-order chi connectivity index (χ1) is 10.3. The Balaban J connectivity index is 2.07. The van der Waals surface area contributed by atoms with E-state index in [-0.39, 0.29) is 9.79 Å². The maximum absolute atomic E-state index is 12.6. The Labute approximate surface area is 130 Å². The maximum atomic E-state index is 12.6. The van der Waals surface area contributed by atoms with Gasteiger partial charge < -0.3 is 0 Å². The van der Waals surface area contributed by atoms with Crippen LogP contribution in [0.5, 0.6) is 0 Å². The molecule has 2 aromatic rings. The summed E-state index contributed by atoms with van der Waals surface area (Å²) in [6.45, 7) is 0.350. The van der Waals surface area contributed by atoms with E-state index in [1.54, 1.807) is 42.5 Å². The highest BCUT2D eigenvalue weighted by Gasteiger charge is 2.28. The number of rotatable bonds is 3. The largest absolute Gasteiger partial charge is 0.270 e. The Hall–Kier alpha value is -1.86. The van der Waals surface area contributed by atoms with Crippen LogP contribution < -0.4 is 4.31 Å². The molecule has 0 amide bonds. The van der Waals surface area contributed by atoms with Crippen molar-refractivity contribution in [3.05, 3.63) is 54.1 Å². The van der Waals surface area contributed by atoms with E-state index in [0.717, 1.165) is 11.8 Å². The van der Waals surface area contributed by atoms with Crippen molar-refractivity contribution in [1.82, 2.24) is 0 Å². The van der Waals surface area contributed by atoms with Crippen LogP contribution in [0.25, 0.3) is 0 Å². The molecule has 116 valence electrons. The smallest absolute Gasteiger partial charge is 0.232 e. The molecule has 0 atom stereocenters. The van der Waals surface area contributed by atoms with E-state index in [1.807, 2.05) is 0 Å². The first-order valence-corrected chi connectivity index (χ1v) is 10.0. The van der Waals surface area contributed by atoms with E-state index in [0.29, 0.717) is 18.7 Å². The Bertz CT molecular complexity index is 919. The molecule has 0 aliphatic carbocycles. The first kappa shape index (κ1) is 15.1. The zero-order chi connectivity index (χ0) is 16.0. The molecule has 0 aromatic heterocycles. The van der Waals surface area contributed by atoms with Crippen LogP contribution in [0.1, 0.15) is 5.56 Å². The number of sulfonamides is 1. The van der Waals surface area contributed by atoms with Gasteiger partial charge in [0.25, 0.3) is 0 Å². The van der Waals surface area contributed by atoms with Gasteiger partial charge >= 0.3 is 0 Å². The number of hydrogen-bond acceptors (Lipinski definition) is 4. The van der Waals surface area contributed by atoms with Crippen LogP contribution in [0.4, 0.5) is 5.69 Å². The number of hydrogen-bond donors (Lipinski definition) is 0. The summed E-state index contributed by atoms with van der Waals surface area (Å²) in [4.78, 5) is 0.417. The lowest BCUT2D eigenvalue weighted by Crippen LogP contribution is -2.27. The van der Waals surface area contributed by atoms with Gasteiger partial charge in [-0.3, -0.25) is 4.31 Å². The molecule has 2 aromatic carbocycles. The second-order valence-electron chi connectivity index (χ2n) is 5.19. The predicted molar refractivity (Wildman–Crippen MR) is 84.2 cm³/mol. The van der Waals surface area contributed by atoms with Crippen LogP contribution in [-0.4, -0.2) is 29.6 Å². The summed E-state index contributed by atoms with van der Waals surface area (Å²) >= 11 is 0. The molecule has 0 fully saturated rings. The summed E-state index contributed by atoms with van der Waals surface area (Å²) < 4.78 is 49.9. The zero-order valence-electron chi connectivity index (χ0n) is 11.9. The second kappa shape index (κ2) is 5.10. The minimum absolute atomic E-state index is 0.188. The lowest BCUT2D eigenvalue weighted by molar-refractivity contribution is 0.595. The van der Waals surface area contributed by atoms with Gasteiger partial charge in [-0.1, -0.05) is 18.2 Å². The molecule has 0 saturated carbocycles. The summed E-state index contributed by atoms with van der Waals surface area (Å²) in [5.74, 6) is 0. The number of fused-ring (bicyclic) bond motifs is 1. The molecule has 0 spiro atoms. The van der Waals surface area contributed by atoms with Crippen LogP contribution in [-0.2, 0) is 26.3 Å². The summed E-state index contributed by atoms with van der Waals surface area (Å²) in [7, 11) is -6.91. The molecule has 0 N–H and O–H groups in total. The van der Waals surface area contributed by atoms with Gasteiger partial charge in [0.05, 0.1) is 21.7 Å². The molecule has 0 bridgehead atoms. The molecule has 22 heavy (non-hydrogen) atoms. The average Bonchev–Trinajstić information content (AvgIpc) is 2.91. The molecule has 0 saturated heterocycles. The minimum Gasteiger partial charge on any atom is -0.270 e. The van der Waals surface area contributed by atoms with Crippen LogP contribution in [0.3, 0.4) is 0 Å². The third kappa shape index (κ3) is 2.50. The van der Waals surface area contributed by atoms with Crippen molar-refractivity contribution in [2.75, 3.05) is 17.1 Å². The van der Waals surface area contributed by atoms with Crippen LogP contribution >= 0.6 is 0 Å². The van der Waals surface area contributed by atoms with Gasteiger partial charge in [-0.15, -0.1) is 0 Å². The fourth-order valence-electron chi connectivity index (χ4n) is 2.60. The van der Waals surface area contributed by atoms with Crippen molar-refractivity contribution < 1.29 is 16.8 Å². The van der Waals surface area contributed by atoms with Crippen molar-refractivity contribution >= 4 is 25.5 Å². The molecule has 1 aliphatic heterocycles. The summed E-state index contributed by atoms with van der Waals surface area (Å²) in [5.41, 5.74) is 1.30. The summed E-state index contributed by atoms with van der Waals surface area (Å²) in [5, 5.41) is 0. The quantitative estimate of drug-likeness (QED) is 0.857. The van der Waals surface area contributed by atoms with Gasteiger partial charge in [-0.05, 0) is 42.3 Å². The first-order valence-electron chi connectivity index (χ1n) is 6.71. The van der Waals surface area contributed by atoms with Gasteiger partial charge in [-0.2, -0.15) is 0 Å². The van der Waals surface area contributed by atoms with Gasteiger partial charge in [0.1, 0.15) is 0 Å². The summed E-state index contributed by atoms with van der Waals surface area (Å²) in [6, 6.07) is 12.8. The van der Waals surface area contributed by atoms with Gasteiger partial charge in [-0.25, -0.2) is 16.8 Å². The van der Waals surface area contributed by atoms with Crippen LogP contribution in [0.2, 0.25) is 0 Å². The highest BCUT2D eigenvalue weighted by molar-refractivity contribution is 7.92. The lowest BCUT2D eigenvalue weighted by atomic mass is 10.2. The molecule has 0 unspecified atom stereocenters. The maximum Gasteiger partial charge on any atom is 0.232 e. The average molecular weight is 337 g/mol. The number of anilines is 1. The van der Waals surface area contributed by atoms with Crippen molar-refractivity contribution in [1.29, 1.82) is 0 Å². The monoisotopic (exact) mass is 337 g/mol. The molecule has 1 heterocycles. The van der Waals surface area contributed by atoms with E-state index in [2.05, 4.69) is 0 Å². The number of sulfone groups is 1. The molecule has 5 nitrogen and oxygen atoms in total. The van der Waals surface area contributed by atoms with Crippen molar-refractivity contribution in [2.24, 2.45) is 0 Å². The fourth-order valence-corrected chi connectivity index (χ4v) is 4.89. The predicted octanol–water partition coefficient (Wildman–Crippen LogP) is 1.84. The molecule has 1 aliphatic rings. The topological polar surface area (TPSA) is 71.5 Å². The van der Waals surface area contributed by atoms with Crippen molar-refractivity contribution in [3.63, 3.8) is 0 Å². The van der Waals surface area contributed by atoms with Gasteiger partial charge in [0, 0.05) is 6.54 Å². The van der Waals surface area contributed by atoms with E-state index < -0.39 is 19.9 Å². The van der Waals surface area contributed by atoms with E-state index in [4.69, 9.17) is 0 Å². The molecular formula is C15H15NO4S2. The Morgan fingerprint density at radius 1 is 0.909 bits per heavy atom. The van der Waals surface area contributed by atoms with E-state index in [1.165, 1.54) is 10.4 Å². The minimum atomic E-state index is -3.58. The second-order valence-corrected chi connectivity index (χ2v) is 9.05. The van der Waals surface area contributed by atoms with Gasteiger partial charge in [0.15, 0.2) is 0 Å². The third-order valence-corrected chi connectivity index (χ3v) is 6.62. The van der Waals surface area contributed by atoms with Crippen molar-refractivity contribution in [3.8, 4) is 0 Å². The van der Waals surface area contributed by atoms with Crippen LogP contribution in [0, 0.1) is 0 Å². The van der Waals surface area contributed by atoms with Crippen molar-refractivity contribution in [2.45, 2.75) is 16.2 Å².